The van der Waals surface area contributed by atoms with Crippen LogP contribution in [-0.4, -0.2) is 23.8 Å². The second kappa shape index (κ2) is 4.74. The maximum atomic E-state index is 9.86. The largest absolute Gasteiger partial charge is 0.397 e. The number of benzene rings is 1. The number of aliphatic hydroxyl groups is 1. The molecule has 3 N–H and O–H groups in total. The molecule has 0 radical (unpaired) electrons. The summed E-state index contributed by atoms with van der Waals surface area (Å²) in [5.41, 5.74) is 8.22. The molecule has 1 aromatic carbocycles. The van der Waals surface area contributed by atoms with Gasteiger partial charge in [0.25, 0.3) is 0 Å². The maximum Gasteiger partial charge on any atom is 0.0765 e. The summed E-state index contributed by atoms with van der Waals surface area (Å²) in [7, 11) is 0. The van der Waals surface area contributed by atoms with E-state index in [0.29, 0.717) is 6.54 Å². The molecule has 0 aliphatic carbocycles. The van der Waals surface area contributed by atoms with Crippen molar-refractivity contribution in [1.82, 2.24) is 0 Å². The highest BCUT2D eigenvalue weighted by molar-refractivity contribution is 5.70. The molecule has 1 aromatic rings. The number of aryl methyl sites for hydroxylation is 1. The highest BCUT2D eigenvalue weighted by Gasteiger charge is 2.19. The van der Waals surface area contributed by atoms with E-state index in [4.69, 9.17) is 5.73 Å². The van der Waals surface area contributed by atoms with Crippen LogP contribution in [-0.2, 0) is 0 Å². The van der Waals surface area contributed by atoms with E-state index in [-0.39, 0.29) is 0 Å². The molecule has 3 heteroatoms. The van der Waals surface area contributed by atoms with Crippen molar-refractivity contribution < 1.29 is 5.11 Å². The van der Waals surface area contributed by atoms with Gasteiger partial charge >= 0.3 is 0 Å². The van der Waals surface area contributed by atoms with Crippen LogP contribution >= 0.6 is 0 Å². The average molecular weight is 222 g/mol. The lowest BCUT2D eigenvalue weighted by molar-refractivity contribution is 0.0876. The fourth-order valence-electron chi connectivity index (χ4n) is 1.78. The molecule has 90 valence electrons. The summed E-state index contributed by atoms with van der Waals surface area (Å²) in [5.74, 6) is 0. The Balaban J connectivity index is 3.00. The fraction of sp³-hybridized carbons (Fsp3) is 0.538. The summed E-state index contributed by atoms with van der Waals surface area (Å²) in [6.07, 6.45) is 0. The number of para-hydroxylation sites is 1. The van der Waals surface area contributed by atoms with Crippen LogP contribution in [0.25, 0.3) is 0 Å². The molecule has 3 nitrogen and oxygen atoms in total. The smallest absolute Gasteiger partial charge is 0.0765 e. The van der Waals surface area contributed by atoms with E-state index in [2.05, 4.69) is 11.8 Å². The molecule has 0 atom stereocenters. The van der Waals surface area contributed by atoms with E-state index in [1.165, 1.54) is 0 Å². The third kappa shape index (κ3) is 3.14. The molecule has 0 spiro atoms. The second-order valence-corrected chi connectivity index (χ2v) is 4.83. The highest BCUT2D eigenvalue weighted by Crippen LogP contribution is 2.27. The molecule has 0 fully saturated rings. The van der Waals surface area contributed by atoms with Crippen molar-refractivity contribution in [1.29, 1.82) is 0 Å². The Hall–Kier alpha value is -1.22. The minimum atomic E-state index is -0.716. The zero-order chi connectivity index (χ0) is 12.3. The molecular formula is C13H22N2O. The van der Waals surface area contributed by atoms with Gasteiger partial charge in [-0.15, -0.1) is 0 Å². The van der Waals surface area contributed by atoms with Gasteiger partial charge in [-0.1, -0.05) is 12.1 Å². The van der Waals surface area contributed by atoms with Crippen molar-refractivity contribution in [3.63, 3.8) is 0 Å². The van der Waals surface area contributed by atoms with Crippen LogP contribution in [0.4, 0.5) is 11.4 Å². The minimum Gasteiger partial charge on any atom is -0.397 e. The van der Waals surface area contributed by atoms with E-state index >= 15 is 0 Å². The standard InChI is InChI=1S/C13H22N2O/c1-5-15(9-13(3,4)16)11-8-6-7-10(2)12(11)14/h6-8,16H,5,9,14H2,1-4H3. The van der Waals surface area contributed by atoms with Gasteiger partial charge in [-0.05, 0) is 39.3 Å². The van der Waals surface area contributed by atoms with Gasteiger partial charge in [0.1, 0.15) is 0 Å². The summed E-state index contributed by atoms with van der Waals surface area (Å²) in [5, 5.41) is 9.86. The molecule has 0 amide bonds. The first kappa shape index (κ1) is 12.8. The van der Waals surface area contributed by atoms with Crippen LogP contribution in [0.3, 0.4) is 0 Å². The topological polar surface area (TPSA) is 49.5 Å². The predicted octanol–water partition coefficient (Wildman–Crippen LogP) is 2.17. The Morgan fingerprint density at radius 3 is 2.50 bits per heavy atom. The molecule has 1 rings (SSSR count). The predicted molar refractivity (Wildman–Crippen MR) is 69.8 cm³/mol. The summed E-state index contributed by atoms with van der Waals surface area (Å²) in [6.45, 7) is 9.09. The molecule has 16 heavy (non-hydrogen) atoms. The van der Waals surface area contributed by atoms with Crippen molar-refractivity contribution in [3.8, 4) is 0 Å². The Morgan fingerprint density at radius 2 is 2.00 bits per heavy atom. The molecule has 0 bridgehead atoms. The monoisotopic (exact) mass is 222 g/mol. The van der Waals surface area contributed by atoms with Crippen LogP contribution in [0.2, 0.25) is 0 Å². The number of hydrogen-bond donors (Lipinski definition) is 2. The summed E-state index contributed by atoms with van der Waals surface area (Å²) in [6, 6.07) is 5.99. The molecule has 0 saturated heterocycles. The number of nitrogens with zero attached hydrogens (tertiary/aromatic N) is 1. The van der Waals surface area contributed by atoms with Gasteiger partial charge in [-0.3, -0.25) is 0 Å². The molecule has 0 unspecified atom stereocenters. The first-order valence-electron chi connectivity index (χ1n) is 5.67. The number of likely N-dealkylation sites (N-methyl/N-ethyl adjacent to an activating group) is 1. The van der Waals surface area contributed by atoms with Crippen LogP contribution in [0.5, 0.6) is 0 Å². The number of rotatable bonds is 4. The Morgan fingerprint density at radius 1 is 1.38 bits per heavy atom. The zero-order valence-corrected chi connectivity index (χ0v) is 10.6. The van der Waals surface area contributed by atoms with Crippen LogP contribution in [0, 0.1) is 6.92 Å². The molecule has 0 aliphatic rings. The number of nitrogens with two attached hydrogens (primary N) is 1. The number of anilines is 2. The van der Waals surface area contributed by atoms with Gasteiger partial charge in [0, 0.05) is 13.1 Å². The quantitative estimate of drug-likeness (QED) is 0.768. The molecular weight excluding hydrogens is 200 g/mol. The molecule has 0 heterocycles. The van der Waals surface area contributed by atoms with Crippen LogP contribution in [0.15, 0.2) is 18.2 Å². The lowest BCUT2D eigenvalue weighted by Gasteiger charge is -2.31. The van der Waals surface area contributed by atoms with E-state index in [1.807, 2.05) is 39.0 Å². The first-order valence-corrected chi connectivity index (χ1v) is 5.67. The maximum absolute atomic E-state index is 9.86. The third-order valence-corrected chi connectivity index (χ3v) is 2.60. The Kier molecular flexibility index (Phi) is 3.81. The number of nitrogen functional groups attached to an aromatic ring is 1. The first-order chi connectivity index (χ1) is 7.35. The van der Waals surface area contributed by atoms with Gasteiger partial charge < -0.3 is 15.7 Å². The molecule has 0 aromatic heterocycles. The van der Waals surface area contributed by atoms with Gasteiger partial charge in [-0.25, -0.2) is 0 Å². The van der Waals surface area contributed by atoms with E-state index < -0.39 is 5.60 Å². The van der Waals surface area contributed by atoms with E-state index in [0.717, 1.165) is 23.5 Å². The summed E-state index contributed by atoms with van der Waals surface area (Å²) in [4.78, 5) is 2.10. The van der Waals surface area contributed by atoms with Crippen molar-refractivity contribution in [2.24, 2.45) is 0 Å². The Bertz CT molecular complexity index is 355. The Labute approximate surface area is 97.9 Å². The summed E-state index contributed by atoms with van der Waals surface area (Å²) >= 11 is 0. The normalized spacial score (nSPS) is 11.6. The highest BCUT2D eigenvalue weighted by atomic mass is 16.3. The van der Waals surface area contributed by atoms with Crippen molar-refractivity contribution in [2.75, 3.05) is 23.7 Å². The fourth-order valence-corrected chi connectivity index (χ4v) is 1.78. The molecule has 0 saturated carbocycles. The minimum absolute atomic E-state index is 0.581. The van der Waals surface area contributed by atoms with Crippen molar-refractivity contribution in [3.05, 3.63) is 23.8 Å². The third-order valence-electron chi connectivity index (χ3n) is 2.60. The van der Waals surface area contributed by atoms with Crippen LogP contribution in [0.1, 0.15) is 26.3 Å². The SMILES string of the molecule is CCN(CC(C)(C)O)c1cccc(C)c1N. The molecule has 0 aliphatic heterocycles. The number of hydrogen-bond acceptors (Lipinski definition) is 3. The lowest BCUT2D eigenvalue weighted by atomic mass is 10.1. The summed E-state index contributed by atoms with van der Waals surface area (Å²) < 4.78 is 0. The van der Waals surface area contributed by atoms with E-state index in [1.54, 1.807) is 0 Å². The second-order valence-electron chi connectivity index (χ2n) is 4.83. The van der Waals surface area contributed by atoms with Gasteiger partial charge in [0.05, 0.1) is 17.0 Å². The van der Waals surface area contributed by atoms with Gasteiger partial charge in [0.2, 0.25) is 0 Å². The van der Waals surface area contributed by atoms with Crippen molar-refractivity contribution in [2.45, 2.75) is 33.3 Å². The van der Waals surface area contributed by atoms with E-state index in [9.17, 15) is 5.11 Å². The van der Waals surface area contributed by atoms with Crippen molar-refractivity contribution >= 4 is 11.4 Å². The van der Waals surface area contributed by atoms with Gasteiger partial charge in [0.15, 0.2) is 0 Å². The van der Waals surface area contributed by atoms with Crippen LogP contribution < -0.4 is 10.6 Å². The lowest BCUT2D eigenvalue weighted by Crippen LogP contribution is -2.39. The van der Waals surface area contributed by atoms with Gasteiger partial charge in [-0.2, -0.15) is 0 Å². The zero-order valence-electron chi connectivity index (χ0n) is 10.6. The average Bonchev–Trinajstić information content (AvgIpc) is 2.18.